The second-order valence-corrected chi connectivity index (χ2v) is 7.65. The maximum atomic E-state index is 12.7. The highest BCUT2D eigenvalue weighted by Crippen LogP contribution is 2.22. The number of amides is 1. The summed E-state index contributed by atoms with van der Waals surface area (Å²) < 4.78 is 3.39. The first kappa shape index (κ1) is 17.1. The van der Waals surface area contributed by atoms with Gasteiger partial charge in [-0.25, -0.2) is 9.50 Å². The van der Waals surface area contributed by atoms with Crippen LogP contribution in [0.3, 0.4) is 0 Å². The van der Waals surface area contributed by atoms with Gasteiger partial charge in [-0.05, 0) is 25.7 Å². The summed E-state index contributed by atoms with van der Waals surface area (Å²) in [5, 5.41) is 11.8. The summed E-state index contributed by atoms with van der Waals surface area (Å²) in [6, 6.07) is 3.80. The van der Waals surface area contributed by atoms with Crippen LogP contribution in [0.15, 0.2) is 18.3 Å². The van der Waals surface area contributed by atoms with Gasteiger partial charge in [0.05, 0.1) is 22.6 Å². The number of nitrogens with one attached hydrogen (secondary N) is 1. The number of nitrogens with zero attached hydrogens (tertiary/aromatic N) is 5. The van der Waals surface area contributed by atoms with Gasteiger partial charge in [0.2, 0.25) is 0 Å². The number of rotatable bonds is 3. The number of anilines is 1. The Morgan fingerprint density at radius 1 is 1.20 bits per heavy atom. The number of aryl methyl sites for hydroxylation is 3. The van der Waals surface area contributed by atoms with E-state index in [0.717, 1.165) is 29.1 Å². The Hall–Kier alpha value is -2.70. The van der Waals surface area contributed by atoms with Gasteiger partial charge >= 0.3 is 0 Å². The normalized spacial score (nSPS) is 11.9. The zero-order valence-electron chi connectivity index (χ0n) is 15.6. The first-order valence-corrected chi connectivity index (χ1v) is 8.30. The molecule has 0 aliphatic rings. The van der Waals surface area contributed by atoms with Crippen LogP contribution in [-0.4, -0.2) is 30.3 Å². The summed E-state index contributed by atoms with van der Waals surface area (Å²) in [4.78, 5) is 17.0. The van der Waals surface area contributed by atoms with Crippen molar-refractivity contribution in [2.75, 3.05) is 5.32 Å². The van der Waals surface area contributed by atoms with Gasteiger partial charge in [0.25, 0.3) is 5.91 Å². The van der Waals surface area contributed by atoms with Crippen LogP contribution in [-0.2, 0) is 13.5 Å². The Balaban J connectivity index is 1.86. The number of carbonyl (C=O) groups excluding carboxylic acids is 1. The lowest BCUT2D eigenvalue weighted by Gasteiger charge is -2.15. The molecule has 0 spiro atoms. The zero-order valence-corrected chi connectivity index (χ0v) is 15.6. The number of aromatic nitrogens is 5. The summed E-state index contributed by atoms with van der Waals surface area (Å²) in [5.41, 5.74) is 3.95. The molecule has 0 fully saturated rings. The van der Waals surface area contributed by atoms with Crippen LogP contribution in [0.5, 0.6) is 0 Å². The van der Waals surface area contributed by atoms with Crippen LogP contribution in [0.2, 0.25) is 0 Å². The molecule has 0 aromatic carbocycles. The SMILES string of the molecule is Cc1cc2ncc(C(=O)Nc3cc(CC(C)(C)C)nn3C)c(C)n2n1. The molecule has 1 amide bonds. The van der Waals surface area contributed by atoms with Crippen molar-refractivity contribution >= 4 is 17.4 Å². The maximum absolute atomic E-state index is 12.7. The van der Waals surface area contributed by atoms with Gasteiger partial charge in [0.1, 0.15) is 5.82 Å². The fourth-order valence-corrected chi connectivity index (χ4v) is 2.84. The first-order chi connectivity index (χ1) is 11.6. The molecule has 0 radical (unpaired) electrons. The van der Waals surface area contributed by atoms with E-state index < -0.39 is 0 Å². The molecule has 0 unspecified atom stereocenters. The highest BCUT2D eigenvalue weighted by molar-refractivity contribution is 6.04. The monoisotopic (exact) mass is 340 g/mol. The molecule has 3 rings (SSSR count). The van der Waals surface area contributed by atoms with Crippen molar-refractivity contribution < 1.29 is 4.79 Å². The molecule has 0 bridgehead atoms. The summed E-state index contributed by atoms with van der Waals surface area (Å²) in [6.45, 7) is 10.3. The van der Waals surface area contributed by atoms with Crippen LogP contribution >= 0.6 is 0 Å². The fraction of sp³-hybridized carbons (Fsp3) is 0.444. The Bertz CT molecular complexity index is 945. The molecule has 25 heavy (non-hydrogen) atoms. The highest BCUT2D eigenvalue weighted by Gasteiger charge is 2.18. The van der Waals surface area contributed by atoms with E-state index in [1.807, 2.05) is 33.0 Å². The third-order valence-electron chi connectivity index (χ3n) is 3.97. The van der Waals surface area contributed by atoms with Crippen molar-refractivity contribution in [3.05, 3.63) is 41.0 Å². The fourth-order valence-electron chi connectivity index (χ4n) is 2.84. The number of hydrogen-bond donors (Lipinski definition) is 1. The minimum atomic E-state index is -0.217. The highest BCUT2D eigenvalue weighted by atomic mass is 16.1. The van der Waals surface area contributed by atoms with Crippen LogP contribution in [0, 0.1) is 19.3 Å². The van der Waals surface area contributed by atoms with Crippen molar-refractivity contribution in [3.63, 3.8) is 0 Å². The van der Waals surface area contributed by atoms with Gasteiger partial charge in [-0.1, -0.05) is 20.8 Å². The maximum Gasteiger partial charge on any atom is 0.260 e. The third-order valence-corrected chi connectivity index (χ3v) is 3.97. The molecule has 132 valence electrons. The summed E-state index contributed by atoms with van der Waals surface area (Å²) in [5.74, 6) is 0.450. The molecule has 3 aromatic heterocycles. The molecule has 7 nitrogen and oxygen atoms in total. The van der Waals surface area contributed by atoms with E-state index in [-0.39, 0.29) is 11.3 Å². The van der Waals surface area contributed by atoms with Crippen LogP contribution in [0.4, 0.5) is 5.82 Å². The molecule has 0 atom stereocenters. The van der Waals surface area contributed by atoms with E-state index >= 15 is 0 Å². The van der Waals surface area contributed by atoms with E-state index in [4.69, 9.17) is 0 Å². The van der Waals surface area contributed by atoms with E-state index in [9.17, 15) is 4.79 Å². The molecule has 0 saturated carbocycles. The molecule has 1 N–H and O–H groups in total. The van der Waals surface area contributed by atoms with Gasteiger partial charge in [0, 0.05) is 25.4 Å². The number of carbonyl (C=O) groups is 1. The van der Waals surface area contributed by atoms with E-state index in [0.29, 0.717) is 11.4 Å². The largest absolute Gasteiger partial charge is 0.307 e. The number of hydrogen-bond acceptors (Lipinski definition) is 4. The standard InChI is InChI=1S/C18H24N6O/c1-11-7-15-19-10-14(12(2)24(15)21-11)17(25)20-16-8-13(22-23(16)6)9-18(3,4)5/h7-8,10H,9H2,1-6H3,(H,20,25). The second-order valence-electron chi connectivity index (χ2n) is 7.65. The lowest BCUT2D eigenvalue weighted by molar-refractivity contribution is 0.102. The minimum Gasteiger partial charge on any atom is -0.307 e. The molecule has 0 saturated heterocycles. The average molecular weight is 340 g/mol. The van der Waals surface area contributed by atoms with Gasteiger partial charge in [0.15, 0.2) is 5.65 Å². The number of fused-ring (bicyclic) bond motifs is 1. The lowest BCUT2D eigenvalue weighted by Crippen LogP contribution is -2.17. The van der Waals surface area contributed by atoms with Gasteiger partial charge in [-0.3, -0.25) is 9.48 Å². The Morgan fingerprint density at radius 3 is 2.60 bits per heavy atom. The molecular formula is C18H24N6O. The summed E-state index contributed by atoms with van der Waals surface area (Å²) >= 11 is 0. The smallest absolute Gasteiger partial charge is 0.260 e. The topological polar surface area (TPSA) is 77.1 Å². The minimum absolute atomic E-state index is 0.138. The van der Waals surface area contributed by atoms with Crippen LogP contribution in [0.25, 0.3) is 5.65 Å². The second kappa shape index (κ2) is 5.98. The lowest BCUT2D eigenvalue weighted by atomic mass is 9.91. The van der Waals surface area contributed by atoms with E-state index in [1.54, 1.807) is 15.4 Å². The van der Waals surface area contributed by atoms with Gasteiger partial charge in [-0.15, -0.1) is 0 Å². The first-order valence-electron chi connectivity index (χ1n) is 8.30. The molecule has 7 heteroatoms. The Morgan fingerprint density at radius 2 is 1.92 bits per heavy atom. The molecule has 0 aliphatic heterocycles. The third kappa shape index (κ3) is 3.55. The van der Waals surface area contributed by atoms with Crippen molar-refractivity contribution in [2.45, 2.75) is 41.0 Å². The van der Waals surface area contributed by atoms with Crippen LogP contribution < -0.4 is 5.32 Å². The Labute approximate surface area is 147 Å². The molecule has 3 aromatic rings. The van der Waals surface area contributed by atoms with E-state index in [1.165, 1.54) is 0 Å². The summed E-state index contributed by atoms with van der Waals surface area (Å²) in [6.07, 6.45) is 2.43. The molecule has 3 heterocycles. The Kier molecular flexibility index (Phi) is 4.10. The quantitative estimate of drug-likeness (QED) is 0.795. The molecule has 0 aliphatic carbocycles. The van der Waals surface area contributed by atoms with Gasteiger partial charge in [-0.2, -0.15) is 10.2 Å². The van der Waals surface area contributed by atoms with E-state index in [2.05, 4.69) is 41.3 Å². The molecular weight excluding hydrogens is 316 g/mol. The predicted molar refractivity (Wildman–Crippen MR) is 96.8 cm³/mol. The van der Waals surface area contributed by atoms with Crippen molar-refractivity contribution in [3.8, 4) is 0 Å². The van der Waals surface area contributed by atoms with Gasteiger partial charge < -0.3 is 5.32 Å². The van der Waals surface area contributed by atoms with Crippen LogP contribution in [0.1, 0.15) is 48.2 Å². The van der Waals surface area contributed by atoms with Crippen molar-refractivity contribution in [2.24, 2.45) is 12.5 Å². The van der Waals surface area contributed by atoms with Crippen molar-refractivity contribution in [1.29, 1.82) is 0 Å². The van der Waals surface area contributed by atoms with Crippen molar-refractivity contribution in [1.82, 2.24) is 24.4 Å². The summed E-state index contributed by atoms with van der Waals surface area (Å²) in [7, 11) is 1.83. The zero-order chi connectivity index (χ0) is 18.4. The predicted octanol–water partition coefficient (Wildman–Crippen LogP) is 2.92. The average Bonchev–Trinajstić information content (AvgIpc) is 3.00.